The van der Waals surface area contributed by atoms with Gasteiger partial charge in [-0.3, -0.25) is 4.79 Å². The van der Waals surface area contributed by atoms with Gasteiger partial charge < -0.3 is 19.7 Å². The molecule has 3 aliphatic rings. The molecule has 38 heavy (non-hydrogen) atoms. The zero-order valence-corrected chi connectivity index (χ0v) is 22.5. The molecule has 2 saturated heterocycles. The third-order valence-electron chi connectivity index (χ3n) is 8.91. The summed E-state index contributed by atoms with van der Waals surface area (Å²) in [7, 11) is 1.67. The van der Waals surface area contributed by atoms with Crippen LogP contribution in [-0.4, -0.2) is 49.3 Å². The van der Waals surface area contributed by atoms with E-state index in [4.69, 9.17) is 14.0 Å². The normalized spacial score (nSPS) is 26.8. The van der Waals surface area contributed by atoms with Crippen LogP contribution in [-0.2, 0) is 10.2 Å². The van der Waals surface area contributed by atoms with Crippen molar-refractivity contribution < 1.29 is 29.1 Å². The summed E-state index contributed by atoms with van der Waals surface area (Å²) in [6, 6.07) is 16.5. The first-order valence-corrected chi connectivity index (χ1v) is 13.9. The van der Waals surface area contributed by atoms with E-state index in [1.807, 2.05) is 12.1 Å². The molecule has 0 bridgehead atoms. The zero-order chi connectivity index (χ0) is 26.3. The van der Waals surface area contributed by atoms with E-state index in [-0.39, 0.29) is 29.2 Å². The Hall–Kier alpha value is -3.39. The van der Waals surface area contributed by atoms with Gasteiger partial charge in [0, 0.05) is 12.1 Å². The Kier molecular flexibility index (Phi) is 6.60. The maximum atomic E-state index is 14.6. The number of methoxy groups -OCH3 is 1. The Morgan fingerprint density at radius 1 is 1.21 bits per heavy atom. The highest BCUT2D eigenvalue weighted by Crippen LogP contribution is 2.49. The minimum Gasteiger partial charge on any atom is -0.493 e. The number of hydrogen-bond acceptors (Lipinski definition) is 5. The van der Waals surface area contributed by atoms with Gasteiger partial charge in [-0.25, -0.2) is 9.51 Å². The van der Waals surface area contributed by atoms with Crippen molar-refractivity contribution >= 4 is 5.91 Å². The van der Waals surface area contributed by atoms with Gasteiger partial charge in [-0.15, -0.1) is 0 Å². The molecule has 0 aliphatic carbocycles. The van der Waals surface area contributed by atoms with Crippen LogP contribution in [0.15, 0.2) is 53.1 Å². The maximum Gasteiger partial charge on any atom is 0.349 e. The van der Waals surface area contributed by atoms with Gasteiger partial charge >= 0.3 is 11.7 Å². The predicted octanol–water partition coefficient (Wildman–Crippen LogP) is 2.98. The minimum absolute atomic E-state index is 0.152. The molecule has 6 rings (SSSR count). The molecular weight excluding hydrogens is 480 g/mol. The maximum absolute atomic E-state index is 14.6. The number of quaternary nitrogens is 1. The van der Waals surface area contributed by atoms with Gasteiger partial charge in [0.25, 0.3) is 0 Å². The van der Waals surface area contributed by atoms with Gasteiger partial charge in [-0.05, 0) is 36.8 Å². The Balaban J connectivity index is 1.35. The number of nitrogens with one attached hydrogen (secondary N) is 1. The number of aromatic amines is 1. The van der Waals surface area contributed by atoms with E-state index in [0.29, 0.717) is 25.0 Å². The SMILES string of the molecule is COc1cccc2c1OCC[C@]21C[NH2+]C[C@H]1C(=O)N1CC[C@@H](c2ccccc2)C[C@H]1c1[nH+]c(C(C)C)no1. The number of piperidine rings is 1. The highest BCUT2D eigenvalue weighted by Gasteiger charge is 2.56. The molecule has 4 atom stereocenters. The molecule has 0 saturated carbocycles. The van der Waals surface area contributed by atoms with Crippen molar-refractivity contribution in [2.45, 2.75) is 56.4 Å². The lowest BCUT2D eigenvalue weighted by atomic mass is 9.68. The quantitative estimate of drug-likeness (QED) is 0.560. The number of ether oxygens (including phenoxy) is 2. The largest absolute Gasteiger partial charge is 0.493 e. The number of nitrogens with two attached hydrogens (primary N) is 1. The number of aromatic nitrogens is 2. The number of H-pyrrole nitrogens is 1. The first kappa shape index (κ1) is 24.9. The highest BCUT2D eigenvalue weighted by molar-refractivity contribution is 5.82. The van der Waals surface area contributed by atoms with Crippen LogP contribution in [0, 0.1) is 5.92 Å². The highest BCUT2D eigenvalue weighted by atomic mass is 16.5. The Bertz CT molecular complexity index is 1290. The zero-order valence-electron chi connectivity index (χ0n) is 22.5. The van der Waals surface area contributed by atoms with Crippen LogP contribution >= 0.6 is 0 Å². The first-order chi connectivity index (χ1) is 18.5. The summed E-state index contributed by atoms with van der Waals surface area (Å²) >= 11 is 0. The number of benzene rings is 2. The molecule has 2 aromatic carbocycles. The van der Waals surface area contributed by atoms with Gasteiger partial charge in [-0.2, -0.15) is 0 Å². The Labute approximate surface area is 223 Å². The van der Waals surface area contributed by atoms with E-state index in [2.05, 4.69) is 70.6 Å². The van der Waals surface area contributed by atoms with Gasteiger partial charge in [0.1, 0.15) is 12.0 Å². The van der Waals surface area contributed by atoms with Crippen LogP contribution < -0.4 is 19.8 Å². The van der Waals surface area contributed by atoms with Crippen LogP contribution in [0.4, 0.5) is 0 Å². The Morgan fingerprint density at radius 3 is 2.82 bits per heavy atom. The lowest BCUT2D eigenvalue weighted by Gasteiger charge is -2.42. The molecule has 4 heterocycles. The monoisotopic (exact) mass is 518 g/mol. The van der Waals surface area contributed by atoms with E-state index in [9.17, 15) is 4.79 Å². The van der Waals surface area contributed by atoms with Crippen molar-refractivity contribution in [3.8, 4) is 11.5 Å². The number of fused-ring (bicyclic) bond motifs is 2. The number of hydrogen-bond donors (Lipinski definition) is 1. The van der Waals surface area contributed by atoms with E-state index in [0.717, 1.165) is 55.2 Å². The molecule has 2 fully saturated rings. The fourth-order valence-electron chi connectivity index (χ4n) is 6.84. The molecule has 0 radical (unpaired) electrons. The molecule has 3 N–H and O–H groups in total. The van der Waals surface area contributed by atoms with Crippen LogP contribution in [0.1, 0.15) is 73.8 Å². The predicted molar refractivity (Wildman–Crippen MR) is 140 cm³/mol. The van der Waals surface area contributed by atoms with Crippen molar-refractivity contribution in [3.05, 3.63) is 71.4 Å². The smallest absolute Gasteiger partial charge is 0.349 e. The van der Waals surface area contributed by atoms with Crippen LogP contribution in [0.25, 0.3) is 0 Å². The third kappa shape index (κ3) is 4.15. The first-order valence-electron chi connectivity index (χ1n) is 13.9. The fourth-order valence-corrected chi connectivity index (χ4v) is 6.84. The standard InChI is InChI=1S/C30H36N4O4/c1-19(2)27-32-28(38-33-27)24-16-21(20-8-5-4-6-9-20)12-14-34(24)29(35)23-17-31-18-30(23)13-15-37-26-22(30)10-7-11-25(26)36-3/h4-11,19,21,23-24,31H,12-18H2,1-3H3/p+2/t21-,23+,24+,30+/m1/s1. The van der Waals surface area contributed by atoms with Crippen LogP contribution in [0.5, 0.6) is 11.5 Å². The summed E-state index contributed by atoms with van der Waals surface area (Å²) < 4.78 is 17.6. The number of amides is 1. The van der Waals surface area contributed by atoms with Crippen molar-refractivity contribution in [1.29, 1.82) is 0 Å². The lowest BCUT2D eigenvalue weighted by molar-refractivity contribution is -0.640. The fraction of sp³-hybridized carbons (Fsp3) is 0.500. The molecule has 8 nitrogen and oxygen atoms in total. The van der Waals surface area contributed by atoms with Crippen LogP contribution in [0.2, 0.25) is 0 Å². The average Bonchev–Trinajstić information content (AvgIpc) is 3.61. The van der Waals surface area contributed by atoms with Crippen LogP contribution in [0.3, 0.4) is 0 Å². The number of rotatable bonds is 5. The second-order valence-corrected chi connectivity index (χ2v) is 11.3. The second-order valence-electron chi connectivity index (χ2n) is 11.3. The number of nitrogens with zero attached hydrogens (tertiary/aromatic N) is 2. The van der Waals surface area contributed by atoms with E-state index in [1.54, 1.807) is 7.11 Å². The van der Waals surface area contributed by atoms with E-state index < -0.39 is 0 Å². The minimum atomic E-state index is -0.283. The molecule has 0 unspecified atom stereocenters. The lowest BCUT2D eigenvalue weighted by Crippen LogP contribution is -2.82. The summed E-state index contributed by atoms with van der Waals surface area (Å²) in [5, 5.41) is 6.60. The topological polar surface area (TPSA) is 95.6 Å². The van der Waals surface area contributed by atoms with Crippen molar-refractivity contribution in [2.24, 2.45) is 5.92 Å². The molecule has 1 aromatic heterocycles. The van der Waals surface area contributed by atoms with Gasteiger partial charge in [-0.1, -0.05) is 56.3 Å². The van der Waals surface area contributed by atoms with Crippen molar-refractivity contribution in [3.63, 3.8) is 0 Å². The van der Waals surface area contributed by atoms with Gasteiger partial charge in [0.05, 0.1) is 38.1 Å². The van der Waals surface area contributed by atoms with Gasteiger partial charge in [0.2, 0.25) is 5.91 Å². The number of carbonyl (C=O) groups is 1. The average molecular weight is 519 g/mol. The van der Waals surface area contributed by atoms with Crippen molar-refractivity contribution in [2.75, 3.05) is 33.4 Å². The summed E-state index contributed by atoms with van der Waals surface area (Å²) in [5.74, 6) is 3.62. The summed E-state index contributed by atoms with van der Waals surface area (Å²) in [6.07, 6.45) is 2.54. The number of likely N-dealkylation sites (tertiary alicyclic amines) is 1. The number of carbonyl (C=O) groups excluding carboxylic acids is 1. The molecule has 3 aliphatic heterocycles. The number of para-hydroxylation sites is 1. The van der Waals surface area contributed by atoms with E-state index >= 15 is 0 Å². The summed E-state index contributed by atoms with van der Waals surface area (Å²) in [4.78, 5) is 20.0. The molecule has 3 aromatic rings. The summed E-state index contributed by atoms with van der Waals surface area (Å²) in [5.41, 5.74) is 2.12. The third-order valence-corrected chi connectivity index (χ3v) is 8.91. The second kappa shape index (κ2) is 10.1. The van der Waals surface area contributed by atoms with Crippen molar-refractivity contribution in [1.82, 2.24) is 10.1 Å². The van der Waals surface area contributed by atoms with Gasteiger partial charge in [0.15, 0.2) is 16.7 Å². The summed E-state index contributed by atoms with van der Waals surface area (Å²) in [6.45, 7) is 7.07. The molecule has 8 heteroatoms. The van der Waals surface area contributed by atoms with E-state index in [1.165, 1.54) is 5.56 Å². The molecule has 1 spiro atoms. The molecular formula is C30H38N4O4+2. The molecule has 1 amide bonds. The molecule has 200 valence electrons. The Morgan fingerprint density at radius 2 is 2.05 bits per heavy atom.